The predicted octanol–water partition coefficient (Wildman–Crippen LogP) is 4.84. The number of halogens is 2. The average molecular weight is 423 g/mol. The molecule has 1 aliphatic rings. The molecule has 7 heteroatoms. The highest BCUT2D eigenvalue weighted by Crippen LogP contribution is 2.31. The number of carbonyl (C=O) groups excluding carboxylic acids is 1. The molecule has 1 fully saturated rings. The molecule has 1 N–H and O–H groups in total. The second-order valence-corrected chi connectivity index (χ2v) is 8.15. The molecule has 1 aromatic heterocycles. The molecule has 0 atom stereocenters. The Balaban J connectivity index is 1.74. The van der Waals surface area contributed by atoms with Crippen molar-refractivity contribution in [3.63, 3.8) is 0 Å². The number of ether oxygens (including phenoxy) is 1. The highest BCUT2D eigenvalue weighted by Gasteiger charge is 2.23. The molecule has 1 aromatic carbocycles. The molecule has 3 rings (SSSR count). The van der Waals surface area contributed by atoms with Crippen LogP contribution in [0, 0.1) is 12.8 Å². The van der Waals surface area contributed by atoms with Gasteiger partial charge in [0.05, 0.1) is 12.8 Å². The lowest BCUT2D eigenvalue weighted by Crippen LogP contribution is -2.34. The lowest BCUT2D eigenvalue weighted by Gasteiger charge is -2.32. The zero-order chi connectivity index (χ0) is 20.3. The summed E-state index contributed by atoms with van der Waals surface area (Å²) in [7, 11) is 1.43. The molecule has 0 radical (unpaired) electrons. The topological polar surface area (TPSA) is 62.7 Å². The van der Waals surface area contributed by atoms with Crippen LogP contribution in [0.4, 0.5) is 0 Å². The Morgan fingerprint density at radius 2 is 1.86 bits per heavy atom. The van der Waals surface area contributed by atoms with E-state index in [-0.39, 0.29) is 11.8 Å². The van der Waals surface area contributed by atoms with Gasteiger partial charge in [-0.25, -0.2) is 4.98 Å². The smallest absolute Gasteiger partial charge is 0.305 e. The van der Waals surface area contributed by atoms with Crippen molar-refractivity contribution in [2.75, 3.05) is 20.2 Å². The summed E-state index contributed by atoms with van der Waals surface area (Å²) in [5, 5.41) is 11.4. The first-order valence-corrected chi connectivity index (χ1v) is 10.1. The van der Waals surface area contributed by atoms with Gasteiger partial charge in [0, 0.05) is 34.1 Å². The highest BCUT2D eigenvalue weighted by molar-refractivity contribution is 6.35. The number of aromatic nitrogens is 1. The molecule has 28 heavy (non-hydrogen) atoms. The average Bonchev–Trinajstić information content (AvgIpc) is 2.65. The monoisotopic (exact) mass is 422 g/mol. The number of carbonyl (C=O) groups is 1. The van der Waals surface area contributed by atoms with Crippen molar-refractivity contribution >= 4 is 29.2 Å². The third-order valence-corrected chi connectivity index (χ3v) is 5.73. The Labute approximate surface area is 175 Å². The Hall–Kier alpha value is -1.82. The minimum Gasteiger partial charge on any atom is -0.493 e. The van der Waals surface area contributed by atoms with E-state index in [1.165, 1.54) is 7.11 Å². The maximum Gasteiger partial charge on any atom is 0.305 e. The molecule has 0 saturated carbocycles. The van der Waals surface area contributed by atoms with Crippen molar-refractivity contribution in [2.45, 2.75) is 32.7 Å². The number of hydrogen-bond acceptors (Lipinski definition) is 5. The summed E-state index contributed by atoms with van der Waals surface area (Å²) in [5.74, 6) is 0.252. The Morgan fingerprint density at radius 3 is 2.46 bits per heavy atom. The molecular formula is C21H24Cl2N2O3. The molecular weight excluding hydrogens is 399 g/mol. The second-order valence-electron chi connectivity index (χ2n) is 7.27. The predicted molar refractivity (Wildman–Crippen MR) is 111 cm³/mol. The zero-order valence-electron chi connectivity index (χ0n) is 16.0. The standard InChI is InChI=1S/C21H24Cl2N2O3/c1-13-16(12-25-5-3-14(4-6-25)7-20(26)28-2)10-19(24-21(13)27)15-8-17(22)11-18(23)9-15/h8-11,14H,3-7,12H2,1-2H3,(H,24,27). The number of nitrogens with zero attached hydrogens (tertiary/aromatic N) is 2. The van der Waals surface area contributed by atoms with Gasteiger partial charge in [0.1, 0.15) is 0 Å². The Bertz CT molecular complexity index is 845. The van der Waals surface area contributed by atoms with E-state index in [4.69, 9.17) is 27.9 Å². The maximum absolute atomic E-state index is 11.5. The van der Waals surface area contributed by atoms with Crippen molar-refractivity contribution in [1.29, 1.82) is 0 Å². The molecule has 2 heterocycles. The van der Waals surface area contributed by atoms with Gasteiger partial charge in [0.15, 0.2) is 0 Å². The van der Waals surface area contributed by atoms with Crippen molar-refractivity contribution in [2.24, 2.45) is 5.92 Å². The number of aromatic hydroxyl groups is 1. The molecule has 0 spiro atoms. The fourth-order valence-electron chi connectivity index (χ4n) is 3.57. The van der Waals surface area contributed by atoms with Gasteiger partial charge >= 0.3 is 5.97 Å². The van der Waals surface area contributed by atoms with E-state index >= 15 is 0 Å². The first-order chi connectivity index (χ1) is 13.4. The zero-order valence-corrected chi connectivity index (χ0v) is 17.6. The Morgan fingerprint density at radius 1 is 1.21 bits per heavy atom. The molecule has 150 valence electrons. The SMILES string of the molecule is COC(=O)CC1CCN(Cc2cc(-c3cc(Cl)cc(Cl)c3)nc(O)c2C)CC1. The van der Waals surface area contributed by atoms with Gasteiger partial charge in [-0.2, -0.15) is 0 Å². The fraction of sp³-hybridized carbons (Fsp3) is 0.429. The van der Waals surface area contributed by atoms with Crippen LogP contribution in [0.15, 0.2) is 24.3 Å². The van der Waals surface area contributed by atoms with Crippen LogP contribution in [0.1, 0.15) is 30.4 Å². The third-order valence-electron chi connectivity index (χ3n) is 5.30. The molecule has 1 aliphatic heterocycles. The number of esters is 1. The van der Waals surface area contributed by atoms with E-state index in [1.54, 1.807) is 18.2 Å². The molecule has 2 aromatic rings. The van der Waals surface area contributed by atoms with Crippen LogP contribution in [-0.2, 0) is 16.1 Å². The van der Waals surface area contributed by atoms with Gasteiger partial charge in [-0.1, -0.05) is 23.2 Å². The van der Waals surface area contributed by atoms with Crippen LogP contribution in [0.25, 0.3) is 11.3 Å². The molecule has 0 bridgehead atoms. The quantitative estimate of drug-likeness (QED) is 0.697. The summed E-state index contributed by atoms with van der Waals surface area (Å²) in [4.78, 5) is 18.1. The van der Waals surface area contributed by atoms with Crippen molar-refractivity contribution in [1.82, 2.24) is 9.88 Å². The van der Waals surface area contributed by atoms with Crippen LogP contribution in [0.3, 0.4) is 0 Å². The van der Waals surface area contributed by atoms with Crippen LogP contribution < -0.4 is 0 Å². The van der Waals surface area contributed by atoms with Crippen molar-refractivity contribution in [3.05, 3.63) is 45.4 Å². The number of hydrogen-bond donors (Lipinski definition) is 1. The lowest BCUT2D eigenvalue weighted by atomic mass is 9.93. The largest absolute Gasteiger partial charge is 0.493 e. The maximum atomic E-state index is 11.5. The van der Waals surface area contributed by atoms with Crippen LogP contribution in [0.5, 0.6) is 5.88 Å². The van der Waals surface area contributed by atoms with Gasteiger partial charge in [0.25, 0.3) is 0 Å². The first-order valence-electron chi connectivity index (χ1n) is 9.31. The van der Waals surface area contributed by atoms with Crippen LogP contribution in [-0.4, -0.2) is 41.2 Å². The first kappa shape index (κ1) is 20.9. The molecule has 0 aliphatic carbocycles. The Kier molecular flexibility index (Phi) is 6.81. The highest BCUT2D eigenvalue weighted by atomic mass is 35.5. The van der Waals surface area contributed by atoms with E-state index in [0.29, 0.717) is 34.6 Å². The summed E-state index contributed by atoms with van der Waals surface area (Å²) in [6.45, 7) is 4.40. The van der Waals surface area contributed by atoms with Crippen LogP contribution >= 0.6 is 23.2 Å². The van der Waals surface area contributed by atoms with Crippen LogP contribution in [0.2, 0.25) is 10.0 Å². The summed E-state index contributed by atoms with van der Waals surface area (Å²) < 4.78 is 4.77. The van der Waals surface area contributed by atoms with Gasteiger partial charge in [0.2, 0.25) is 5.88 Å². The van der Waals surface area contributed by atoms with Gasteiger partial charge < -0.3 is 9.84 Å². The molecule has 1 saturated heterocycles. The van der Waals surface area contributed by atoms with E-state index < -0.39 is 0 Å². The third kappa shape index (κ3) is 5.16. The second kappa shape index (κ2) is 9.12. The van der Waals surface area contributed by atoms with Gasteiger partial charge in [-0.15, -0.1) is 0 Å². The number of benzene rings is 1. The van der Waals surface area contributed by atoms with E-state index in [1.807, 2.05) is 13.0 Å². The molecule has 0 unspecified atom stereocenters. The van der Waals surface area contributed by atoms with E-state index in [0.717, 1.165) is 42.6 Å². The normalized spacial score (nSPS) is 15.6. The van der Waals surface area contributed by atoms with Crippen molar-refractivity contribution < 1.29 is 14.6 Å². The number of piperidine rings is 1. The van der Waals surface area contributed by atoms with Crippen molar-refractivity contribution in [3.8, 4) is 17.1 Å². The fourth-order valence-corrected chi connectivity index (χ4v) is 4.10. The number of rotatable bonds is 5. The minimum atomic E-state index is -0.141. The number of methoxy groups -OCH3 is 1. The summed E-state index contributed by atoms with van der Waals surface area (Å²) in [5.41, 5.74) is 3.20. The molecule has 0 amide bonds. The summed E-state index contributed by atoms with van der Waals surface area (Å²) in [6.07, 6.45) is 2.41. The summed E-state index contributed by atoms with van der Waals surface area (Å²) in [6, 6.07) is 7.22. The summed E-state index contributed by atoms with van der Waals surface area (Å²) >= 11 is 12.2. The van der Waals surface area contributed by atoms with Gasteiger partial charge in [-0.05, 0) is 68.6 Å². The minimum absolute atomic E-state index is 0.0178. The van der Waals surface area contributed by atoms with E-state index in [2.05, 4.69) is 9.88 Å². The number of likely N-dealkylation sites (tertiary alicyclic amines) is 1. The number of pyridine rings is 1. The van der Waals surface area contributed by atoms with E-state index in [9.17, 15) is 9.90 Å². The van der Waals surface area contributed by atoms with Gasteiger partial charge in [-0.3, -0.25) is 9.69 Å². The molecule has 5 nitrogen and oxygen atoms in total. The lowest BCUT2D eigenvalue weighted by molar-refractivity contribution is -0.142.